The first-order valence-corrected chi connectivity index (χ1v) is 9.05. The quantitative estimate of drug-likeness (QED) is 0.810. The number of rotatable bonds is 1. The molecule has 8 rings (SSSR count). The third-order valence-corrected chi connectivity index (χ3v) is 8.48. The van der Waals surface area contributed by atoms with Crippen LogP contribution in [0.25, 0.3) is 0 Å². The monoisotopic (exact) mass is 280 g/mol. The van der Waals surface area contributed by atoms with Crippen LogP contribution < -0.4 is 0 Å². The highest BCUT2D eigenvalue weighted by molar-refractivity contribution is 5.38. The molecule has 0 amide bonds. The largest absolute Gasteiger partial charge is 0.508 e. The molecule has 7 saturated carbocycles. The first kappa shape index (κ1) is 11.6. The highest BCUT2D eigenvalue weighted by Crippen LogP contribution is 2.76. The molecule has 0 aromatic heterocycles. The van der Waals surface area contributed by atoms with E-state index in [0.717, 1.165) is 41.4 Å². The van der Waals surface area contributed by atoms with Gasteiger partial charge < -0.3 is 5.11 Å². The molecular formula is C20H24O. The summed E-state index contributed by atoms with van der Waals surface area (Å²) in [5.41, 5.74) is 2.07. The van der Waals surface area contributed by atoms with Crippen LogP contribution in [0.1, 0.15) is 44.1 Å². The minimum absolute atomic E-state index is 0.427. The zero-order valence-electron chi connectivity index (χ0n) is 12.5. The third-order valence-electron chi connectivity index (χ3n) is 8.48. The second-order valence-electron chi connectivity index (χ2n) is 8.91. The Bertz CT molecular complexity index is 579. The van der Waals surface area contributed by atoms with Gasteiger partial charge in [-0.05, 0) is 97.6 Å². The zero-order valence-corrected chi connectivity index (χ0v) is 12.5. The molecule has 4 atom stereocenters. The molecule has 7 aliphatic carbocycles. The van der Waals surface area contributed by atoms with Gasteiger partial charge in [0.1, 0.15) is 5.75 Å². The maximum Gasteiger partial charge on any atom is 0.115 e. The number of hydrogen-bond donors (Lipinski definition) is 1. The maximum atomic E-state index is 9.69. The van der Waals surface area contributed by atoms with Crippen molar-refractivity contribution in [3.63, 3.8) is 0 Å². The van der Waals surface area contributed by atoms with Gasteiger partial charge in [-0.15, -0.1) is 0 Å². The number of aromatic hydroxyl groups is 1. The average molecular weight is 280 g/mol. The fourth-order valence-corrected chi connectivity index (χ4v) is 8.27. The van der Waals surface area contributed by atoms with E-state index in [1.807, 2.05) is 12.1 Å². The molecule has 8 bridgehead atoms. The van der Waals surface area contributed by atoms with Gasteiger partial charge in [0.05, 0.1) is 0 Å². The molecule has 0 heterocycles. The summed E-state index contributed by atoms with van der Waals surface area (Å²) in [6.07, 6.45) is 9.15. The average Bonchev–Trinajstić information content (AvgIpc) is 2.52. The Labute approximate surface area is 126 Å². The first-order valence-electron chi connectivity index (χ1n) is 9.05. The molecular weight excluding hydrogens is 256 g/mol. The third kappa shape index (κ3) is 1.19. The molecule has 0 spiro atoms. The molecule has 0 saturated heterocycles. The normalized spacial score (nSPS) is 55.3. The fraction of sp³-hybridized carbons (Fsp3) is 0.700. The van der Waals surface area contributed by atoms with Gasteiger partial charge in [-0.1, -0.05) is 12.1 Å². The van der Waals surface area contributed by atoms with E-state index in [1.165, 1.54) is 19.3 Å². The molecule has 1 aromatic rings. The molecule has 0 radical (unpaired) electrons. The van der Waals surface area contributed by atoms with Crippen molar-refractivity contribution in [2.45, 2.75) is 43.9 Å². The lowest BCUT2D eigenvalue weighted by Crippen LogP contribution is -2.69. The van der Waals surface area contributed by atoms with E-state index >= 15 is 0 Å². The van der Waals surface area contributed by atoms with E-state index in [0.29, 0.717) is 11.2 Å². The van der Waals surface area contributed by atoms with E-state index in [-0.39, 0.29) is 0 Å². The molecule has 1 aromatic carbocycles. The Hall–Kier alpha value is -0.980. The van der Waals surface area contributed by atoms with Gasteiger partial charge in [0.25, 0.3) is 0 Å². The van der Waals surface area contributed by atoms with Gasteiger partial charge in [0.15, 0.2) is 0 Å². The maximum absolute atomic E-state index is 9.69. The first-order chi connectivity index (χ1) is 10.3. The van der Waals surface area contributed by atoms with Gasteiger partial charge in [-0.25, -0.2) is 0 Å². The Morgan fingerprint density at radius 3 is 2.05 bits per heavy atom. The summed E-state index contributed by atoms with van der Waals surface area (Å²) in [6, 6.07) is 8.40. The van der Waals surface area contributed by atoms with Gasteiger partial charge in [0, 0.05) is 5.41 Å². The lowest BCUT2D eigenvalue weighted by atomic mass is 9.30. The fourth-order valence-electron chi connectivity index (χ4n) is 8.27. The Kier molecular flexibility index (Phi) is 1.93. The Balaban J connectivity index is 1.57. The van der Waals surface area contributed by atoms with E-state index < -0.39 is 0 Å². The molecule has 1 nitrogen and oxygen atoms in total. The number of benzene rings is 1. The van der Waals surface area contributed by atoms with E-state index in [4.69, 9.17) is 0 Å². The lowest BCUT2D eigenvalue weighted by molar-refractivity contribution is -0.220. The van der Waals surface area contributed by atoms with Gasteiger partial charge in [-0.2, -0.15) is 0 Å². The molecule has 21 heavy (non-hydrogen) atoms. The molecule has 1 N–H and O–H groups in total. The second kappa shape index (κ2) is 3.50. The van der Waals surface area contributed by atoms with Crippen molar-refractivity contribution in [1.29, 1.82) is 0 Å². The number of hydrogen-bond acceptors (Lipinski definition) is 1. The van der Waals surface area contributed by atoms with Crippen LogP contribution in [0.15, 0.2) is 24.3 Å². The smallest absolute Gasteiger partial charge is 0.115 e. The molecule has 7 aliphatic rings. The lowest BCUT2D eigenvalue weighted by Gasteiger charge is -2.74. The van der Waals surface area contributed by atoms with Crippen molar-refractivity contribution < 1.29 is 5.11 Å². The van der Waals surface area contributed by atoms with Crippen LogP contribution in [0.2, 0.25) is 0 Å². The SMILES string of the molecule is Oc1ccc(C23CC4CC5C6CC(CC52)CC3C6C4)cc1. The standard InChI is InChI=1S/C20H24O/c21-14-3-1-13(2-4-14)20-10-12-6-16-15-5-11(8-18(16)20)9-19(20)17(15)7-12/h1-4,11-12,15-19,21H,5-10H2. The number of phenolic OH excluding ortho intramolecular Hbond substituents is 1. The van der Waals surface area contributed by atoms with Crippen molar-refractivity contribution in [2.24, 2.45) is 41.4 Å². The van der Waals surface area contributed by atoms with E-state index in [1.54, 1.807) is 24.8 Å². The Morgan fingerprint density at radius 2 is 1.38 bits per heavy atom. The van der Waals surface area contributed by atoms with E-state index in [9.17, 15) is 5.11 Å². The van der Waals surface area contributed by atoms with Crippen LogP contribution in [-0.4, -0.2) is 5.11 Å². The summed E-state index contributed by atoms with van der Waals surface area (Å²) >= 11 is 0. The molecule has 110 valence electrons. The van der Waals surface area contributed by atoms with Crippen molar-refractivity contribution in [3.8, 4) is 5.75 Å². The van der Waals surface area contributed by atoms with Crippen LogP contribution in [0.4, 0.5) is 0 Å². The summed E-state index contributed by atoms with van der Waals surface area (Å²) < 4.78 is 0. The Morgan fingerprint density at radius 1 is 0.762 bits per heavy atom. The van der Waals surface area contributed by atoms with Gasteiger partial charge >= 0.3 is 0 Å². The van der Waals surface area contributed by atoms with Crippen LogP contribution in [0.5, 0.6) is 5.75 Å². The summed E-state index contributed by atoms with van der Waals surface area (Å²) in [4.78, 5) is 0. The molecule has 0 aliphatic heterocycles. The highest BCUT2D eigenvalue weighted by atomic mass is 16.3. The highest BCUT2D eigenvalue weighted by Gasteiger charge is 2.70. The summed E-state index contributed by atoms with van der Waals surface area (Å²) in [5.74, 6) is 7.61. The zero-order chi connectivity index (χ0) is 13.8. The second-order valence-corrected chi connectivity index (χ2v) is 8.91. The molecule has 1 heteroatoms. The summed E-state index contributed by atoms with van der Waals surface area (Å²) in [5, 5.41) is 9.69. The topological polar surface area (TPSA) is 20.2 Å². The van der Waals surface area contributed by atoms with Crippen LogP contribution in [-0.2, 0) is 5.41 Å². The van der Waals surface area contributed by atoms with E-state index in [2.05, 4.69) is 12.1 Å². The van der Waals surface area contributed by atoms with Crippen molar-refractivity contribution in [2.75, 3.05) is 0 Å². The minimum atomic E-state index is 0.427. The molecule has 4 unspecified atom stereocenters. The summed E-state index contributed by atoms with van der Waals surface area (Å²) in [7, 11) is 0. The van der Waals surface area contributed by atoms with Crippen LogP contribution in [0, 0.1) is 41.4 Å². The van der Waals surface area contributed by atoms with Crippen LogP contribution in [0.3, 0.4) is 0 Å². The minimum Gasteiger partial charge on any atom is -0.508 e. The van der Waals surface area contributed by atoms with Crippen molar-refractivity contribution in [3.05, 3.63) is 29.8 Å². The predicted molar refractivity (Wildman–Crippen MR) is 81.9 cm³/mol. The van der Waals surface area contributed by atoms with Gasteiger partial charge in [-0.3, -0.25) is 0 Å². The van der Waals surface area contributed by atoms with Crippen LogP contribution >= 0.6 is 0 Å². The predicted octanol–water partition coefficient (Wildman–Crippen LogP) is 4.35. The molecule has 7 fully saturated rings. The van der Waals surface area contributed by atoms with Gasteiger partial charge in [0.2, 0.25) is 0 Å². The number of phenols is 1. The summed E-state index contributed by atoms with van der Waals surface area (Å²) in [6.45, 7) is 0. The van der Waals surface area contributed by atoms with Crippen molar-refractivity contribution >= 4 is 0 Å². The van der Waals surface area contributed by atoms with Crippen molar-refractivity contribution in [1.82, 2.24) is 0 Å².